The molecule has 0 aliphatic rings. The van der Waals surface area contributed by atoms with Gasteiger partial charge in [-0.15, -0.1) is 0 Å². The van der Waals surface area contributed by atoms with Crippen molar-refractivity contribution in [1.29, 1.82) is 0 Å². The Morgan fingerprint density at radius 1 is 0.600 bits per heavy atom. The van der Waals surface area contributed by atoms with E-state index in [0.717, 1.165) is 0 Å². The van der Waals surface area contributed by atoms with Crippen molar-refractivity contribution in [2.45, 2.75) is 123 Å². The highest BCUT2D eigenvalue weighted by atomic mass is 14.9. The Kier molecular flexibility index (Phi) is 14.7. The zero-order valence-corrected chi connectivity index (χ0v) is 17.3. The highest BCUT2D eigenvalue weighted by Gasteiger charge is 2.08. The Hall–Kier alpha value is -0.850. The maximum Gasteiger partial charge on any atom is 0.181 e. The number of hydrogen-bond acceptors (Lipinski definition) is 0. The van der Waals surface area contributed by atoms with Crippen LogP contribution in [-0.2, 0) is 13.0 Å². The molecule has 0 aromatic carbocycles. The molecule has 0 spiro atoms. The molecule has 0 atom stereocenters. The van der Waals surface area contributed by atoms with Crippen molar-refractivity contribution in [3.8, 4) is 0 Å². The smallest absolute Gasteiger partial charge is 0.181 e. The molecule has 0 unspecified atom stereocenters. The first-order valence-corrected chi connectivity index (χ1v) is 11.4. The summed E-state index contributed by atoms with van der Waals surface area (Å²) in [6, 6.07) is 6.71. The van der Waals surface area contributed by atoms with Gasteiger partial charge in [-0.05, 0) is 12.8 Å². The second-order valence-corrected chi connectivity index (χ2v) is 7.73. The molecule has 1 heterocycles. The van der Waals surface area contributed by atoms with E-state index in [-0.39, 0.29) is 0 Å². The average molecular weight is 347 g/mol. The molecular weight excluding hydrogens is 302 g/mol. The lowest BCUT2D eigenvalue weighted by Gasteiger charge is -2.05. The number of aromatic nitrogens is 1. The summed E-state index contributed by atoms with van der Waals surface area (Å²) in [4.78, 5) is 0. The van der Waals surface area contributed by atoms with Crippen LogP contribution in [0.5, 0.6) is 0 Å². The van der Waals surface area contributed by atoms with Crippen LogP contribution in [0.4, 0.5) is 0 Å². The van der Waals surface area contributed by atoms with Gasteiger partial charge in [-0.3, -0.25) is 0 Å². The van der Waals surface area contributed by atoms with Gasteiger partial charge in [-0.25, -0.2) is 4.57 Å². The van der Waals surface area contributed by atoms with Crippen molar-refractivity contribution in [2.75, 3.05) is 0 Å². The molecule has 0 saturated carbocycles. The van der Waals surface area contributed by atoms with Crippen LogP contribution in [-0.4, -0.2) is 0 Å². The fourth-order valence-electron chi connectivity index (χ4n) is 3.64. The number of unbranched alkanes of at least 4 members (excludes halogenated alkanes) is 13. The Morgan fingerprint density at radius 2 is 1.12 bits per heavy atom. The monoisotopic (exact) mass is 346 g/mol. The highest BCUT2D eigenvalue weighted by molar-refractivity contribution is 4.97. The minimum absolute atomic E-state index is 1.21. The van der Waals surface area contributed by atoms with Gasteiger partial charge in [0.1, 0.15) is 6.54 Å². The zero-order chi connectivity index (χ0) is 18.0. The van der Waals surface area contributed by atoms with E-state index >= 15 is 0 Å². The molecule has 1 heteroatoms. The molecule has 25 heavy (non-hydrogen) atoms. The molecule has 0 saturated heterocycles. The Bertz CT molecular complexity index is 399. The van der Waals surface area contributed by atoms with E-state index in [9.17, 15) is 0 Å². The van der Waals surface area contributed by atoms with Gasteiger partial charge in [0, 0.05) is 25.0 Å². The standard InChI is InChI=1S/C24H44N/c1-3-5-7-9-10-11-12-13-14-15-18-22-25-23-19-17-21-24(25)20-16-8-6-4-2/h17,19,21,23H,3-16,18,20,22H2,1-2H3/q+1. The van der Waals surface area contributed by atoms with Crippen molar-refractivity contribution >= 4 is 0 Å². The van der Waals surface area contributed by atoms with Crippen molar-refractivity contribution in [3.63, 3.8) is 0 Å². The summed E-state index contributed by atoms with van der Waals surface area (Å²) in [5.74, 6) is 0. The average Bonchev–Trinajstić information content (AvgIpc) is 2.64. The number of hydrogen-bond donors (Lipinski definition) is 0. The van der Waals surface area contributed by atoms with Gasteiger partial charge in [-0.2, -0.15) is 0 Å². The molecule has 0 amide bonds. The molecule has 0 bridgehead atoms. The lowest BCUT2D eigenvalue weighted by atomic mass is 10.1. The number of aryl methyl sites for hydroxylation is 2. The van der Waals surface area contributed by atoms with Crippen LogP contribution in [0.3, 0.4) is 0 Å². The zero-order valence-electron chi connectivity index (χ0n) is 17.3. The summed E-state index contributed by atoms with van der Waals surface area (Å²) in [5, 5.41) is 0. The van der Waals surface area contributed by atoms with Gasteiger partial charge in [-0.1, -0.05) is 97.0 Å². The second kappa shape index (κ2) is 16.6. The summed E-state index contributed by atoms with van der Waals surface area (Å²) >= 11 is 0. The largest absolute Gasteiger partial charge is 0.202 e. The Morgan fingerprint density at radius 3 is 1.72 bits per heavy atom. The van der Waals surface area contributed by atoms with E-state index in [1.54, 1.807) is 0 Å². The van der Waals surface area contributed by atoms with Gasteiger partial charge in [0.2, 0.25) is 0 Å². The third kappa shape index (κ3) is 12.2. The number of nitrogens with zero attached hydrogens (tertiary/aromatic N) is 1. The molecule has 0 aliphatic heterocycles. The van der Waals surface area contributed by atoms with Crippen molar-refractivity contribution in [3.05, 3.63) is 30.1 Å². The van der Waals surface area contributed by atoms with E-state index in [1.807, 2.05) is 0 Å². The predicted molar refractivity (Wildman–Crippen MR) is 111 cm³/mol. The first-order chi connectivity index (χ1) is 12.4. The van der Waals surface area contributed by atoms with Crippen LogP contribution < -0.4 is 4.57 Å². The predicted octanol–water partition coefficient (Wildman–Crippen LogP) is 7.41. The van der Waals surface area contributed by atoms with Crippen molar-refractivity contribution in [1.82, 2.24) is 0 Å². The molecule has 0 aliphatic carbocycles. The Labute approximate surface area is 158 Å². The van der Waals surface area contributed by atoms with Gasteiger partial charge in [0.05, 0.1) is 0 Å². The topological polar surface area (TPSA) is 3.88 Å². The van der Waals surface area contributed by atoms with E-state index in [0.29, 0.717) is 0 Å². The third-order valence-electron chi connectivity index (χ3n) is 5.32. The van der Waals surface area contributed by atoms with Crippen molar-refractivity contribution < 1.29 is 4.57 Å². The fraction of sp³-hybridized carbons (Fsp3) is 0.792. The lowest BCUT2D eigenvalue weighted by Crippen LogP contribution is -2.37. The van der Waals surface area contributed by atoms with Crippen molar-refractivity contribution in [2.24, 2.45) is 0 Å². The van der Waals surface area contributed by atoms with Gasteiger partial charge < -0.3 is 0 Å². The summed E-state index contributed by atoms with van der Waals surface area (Å²) < 4.78 is 2.50. The highest BCUT2D eigenvalue weighted by Crippen LogP contribution is 2.11. The van der Waals surface area contributed by atoms with E-state index in [4.69, 9.17) is 0 Å². The summed E-state index contributed by atoms with van der Waals surface area (Å²) in [5.41, 5.74) is 1.53. The molecule has 144 valence electrons. The van der Waals surface area contributed by atoms with Crippen LogP contribution in [0.15, 0.2) is 24.4 Å². The molecule has 1 aromatic heterocycles. The number of rotatable bonds is 17. The third-order valence-corrected chi connectivity index (χ3v) is 5.32. The number of pyridine rings is 1. The molecule has 0 N–H and O–H groups in total. The summed E-state index contributed by atoms with van der Waals surface area (Å²) in [6.07, 6.45) is 24.6. The van der Waals surface area contributed by atoms with Gasteiger partial charge in [0.15, 0.2) is 11.9 Å². The minimum Gasteiger partial charge on any atom is -0.202 e. The SMILES string of the molecule is CCCCCCCCCCCCC[n+]1ccccc1CCCCCC. The van der Waals surface area contributed by atoms with Crippen LogP contribution >= 0.6 is 0 Å². The van der Waals surface area contributed by atoms with E-state index < -0.39 is 0 Å². The van der Waals surface area contributed by atoms with E-state index in [1.165, 1.54) is 115 Å². The Balaban J connectivity index is 2.04. The van der Waals surface area contributed by atoms with Crippen LogP contribution in [0, 0.1) is 0 Å². The quantitative estimate of drug-likeness (QED) is 0.204. The molecule has 0 fully saturated rings. The fourth-order valence-corrected chi connectivity index (χ4v) is 3.64. The van der Waals surface area contributed by atoms with Gasteiger partial charge >= 0.3 is 0 Å². The summed E-state index contributed by atoms with van der Waals surface area (Å²) in [7, 11) is 0. The maximum absolute atomic E-state index is 2.50. The van der Waals surface area contributed by atoms with E-state index in [2.05, 4.69) is 42.8 Å². The second-order valence-electron chi connectivity index (χ2n) is 7.73. The minimum atomic E-state index is 1.21. The van der Waals surface area contributed by atoms with Crippen LogP contribution in [0.25, 0.3) is 0 Å². The first kappa shape index (κ1) is 22.2. The lowest BCUT2D eigenvalue weighted by molar-refractivity contribution is -0.704. The summed E-state index contributed by atoms with van der Waals surface area (Å²) in [6.45, 7) is 5.79. The maximum atomic E-state index is 2.50. The first-order valence-electron chi connectivity index (χ1n) is 11.4. The molecule has 1 rings (SSSR count). The normalized spacial score (nSPS) is 11.1. The van der Waals surface area contributed by atoms with Crippen LogP contribution in [0.1, 0.15) is 116 Å². The molecular formula is C24H44N+. The molecule has 0 radical (unpaired) electrons. The van der Waals surface area contributed by atoms with Crippen LogP contribution in [0.2, 0.25) is 0 Å². The molecule has 1 nitrogen and oxygen atoms in total. The molecule has 1 aromatic rings. The van der Waals surface area contributed by atoms with Gasteiger partial charge in [0.25, 0.3) is 0 Å².